The molecule has 0 aliphatic heterocycles. The highest BCUT2D eigenvalue weighted by Gasteiger charge is 2.05. The molecule has 2 aromatic rings. The molecule has 0 bridgehead atoms. The number of H-pyrrole nitrogens is 1. The summed E-state index contributed by atoms with van der Waals surface area (Å²) in [7, 11) is 0. The summed E-state index contributed by atoms with van der Waals surface area (Å²) in [4.78, 5) is 0. The summed E-state index contributed by atoms with van der Waals surface area (Å²) >= 11 is 0. The molecule has 2 N–H and O–H groups in total. The first-order chi connectivity index (χ1) is 8.75. The number of furan rings is 1. The van der Waals surface area contributed by atoms with Crippen molar-refractivity contribution in [1.82, 2.24) is 15.5 Å². The Morgan fingerprint density at radius 1 is 1.50 bits per heavy atom. The van der Waals surface area contributed by atoms with Gasteiger partial charge in [0.15, 0.2) is 0 Å². The zero-order valence-corrected chi connectivity index (χ0v) is 11.1. The van der Waals surface area contributed by atoms with E-state index in [4.69, 9.17) is 4.42 Å². The normalized spacial score (nSPS) is 12.8. The Morgan fingerprint density at radius 3 is 3.06 bits per heavy atom. The third-order valence-electron chi connectivity index (χ3n) is 3.14. The molecule has 4 nitrogen and oxygen atoms in total. The topological polar surface area (TPSA) is 53.9 Å². The van der Waals surface area contributed by atoms with Crippen LogP contribution in [-0.4, -0.2) is 22.8 Å². The molecular formula is C14H21N3O. The fraction of sp³-hybridized carbons (Fsp3) is 0.500. The lowest BCUT2D eigenvalue weighted by atomic mass is 10.1. The van der Waals surface area contributed by atoms with E-state index in [-0.39, 0.29) is 0 Å². The largest absolute Gasteiger partial charge is 0.469 e. The van der Waals surface area contributed by atoms with Crippen LogP contribution in [-0.2, 0) is 12.8 Å². The minimum atomic E-state index is 0.446. The maximum Gasteiger partial charge on any atom is 0.105 e. The molecule has 0 saturated heterocycles. The second kappa shape index (κ2) is 6.40. The van der Waals surface area contributed by atoms with Gasteiger partial charge in [0.25, 0.3) is 0 Å². The minimum Gasteiger partial charge on any atom is -0.469 e. The van der Waals surface area contributed by atoms with Crippen LogP contribution in [0.15, 0.2) is 29.0 Å². The van der Waals surface area contributed by atoms with E-state index >= 15 is 0 Å². The standard InChI is InChI=1S/C14H21N3O/c1-11(9-14-6-4-8-18-14)15-7-3-5-13-10-16-17-12(13)2/h4,6,8,10-11,15H,3,5,7,9H2,1-2H3,(H,16,17). The van der Waals surface area contributed by atoms with E-state index in [9.17, 15) is 0 Å². The van der Waals surface area contributed by atoms with Crippen LogP contribution < -0.4 is 5.32 Å². The van der Waals surface area contributed by atoms with Crippen LogP contribution in [0.4, 0.5) is 0 Å². The van der Waals surface area contributed by atoms with Crippen LogP contribution >= 0.6 is 0 Å². The Hall–Kier alpha value is -1.55. The smallest absolute Gasteiger partial charge is 0.105 e. The molecule has 0 amide bonds. The van der Waals surface area contributed by atoms with E-state index in [1.807, 2.05) is 18.3 Å². The summed E-state index contributed by atoms with van der Waals surface area (Å²) in [6.45, 7) is 5.27. The summed E-state index contributed by atoms with van der Waals surface area (Å²) in [6, 6.07) is 4.40. The molecule has 2 heterocycles. The number of aryl methyl sites for hydroxylation is 2. The van der Waals surface area contributed by atoms with E-state index in [1.165, 1.54) is 11.3 Å². The molecule has 2 aromatic heterocycles. The van der Waals surface area contributed by atoms with Crippen molar-refractivity contribution in [2.24, 2.45) is 0 Å². The first-order valence-electron chi connectivity index (χ1n) is 6.50. The van der Waals surface area contributed by atoms with Gasteiger partial charge < -0.3 is 9.73 Å². The first kappa shape index (κ1) is 12.9. The summed E-state index contributed by atoms with van der Waals surface area (Å²) in [5.41, 5.74) is 2.49. The second-order valence-corrected chi connectivity index (χ2v) is 4.76. The van der Waals surface area contributed by atoms with Crippen molar-refractivity contribution in [1.29, 1.82) is 0 Å². The highest BCUT2D eigenvalue weighted by Crippen LogP contribution is 2.06. The van der Waals surface area contributed by atoms with Gasteiger partial charge in [-0.15, -0.1) is 0 Å². The Bertz CT molecular complexity index is 447. The van der Waals surface area contributed by atoms with Crippen molar-refractivity contribution < 1.29 is 4.42 Å². The molecule has 1 atom stereocenters. The number of nitrogens with zero attached hydrogens (tertiary/aromatic N) is 1. The molecule has 98 valence electrons. The first-order valence-corrected chi connectivity index (χ1v) is 6.50. The van der Waals surface area contributed by atoms with Gasteiger partial charge in [0.05, 0.1) is 12.5 Å². The second-order valence-electron chi connectivity index (χ2n) is 4.76. The number of nitrogens with one attached hydrogen (secondary N) is 2. The van der Waals surface area contributed by atoms with Gasteiger partial charge in [0.2, 0.25) is 0 Å². The average molecular weight is 247 g/mol. The monoisotopic (exact) mass is 247 g/mol. The highest BCUT2D eigenvalue weighted by atomic mass is 16.3. The number of rotatable bonds is 7. The predicted molar refractivity (Wildman–Crippen MR) is 71.5 cm³/mol. The molecule has 1 unspecified atom stereocenters. The average Bonchev–Trinajstić information content (AvgIpc) is 2.97. The summed E-state index contributed by atoms with van der Waals surface area (Å²) in [5, 5.41) is 10.5. The van der Waals surface area contributed by atoms with Crippen LogP contribution in [0.3, 0.4) is 0 Å². The summed E-state index contributed by atoms with van der Waals surface area (Å²) in [5.74, 6) is 1.04. The number of hydrogen-bond acceptors (Lipinski definition) is 3. The van der Waals surface area contributed by atoms with E-state index in [2.05, 4.69) is 29.4 Å². The number of aromatic amines is 1. The number of aromatic nitrogens is 2. The van der Waals surface area contributed by atoms with Gasteiger partial charge in [-0.25, -0.2) is 0 Å². The van der Waals surface area contributed by atoms with Gasteiger partial charge in [-0.1, -0.05) is 0 Å². The zero-order valence-electron chi connectivity index (χ0n) is 11.1. The van der Waals surface area contributed by atoms with Gasteiger partial charge in [-0.2, -0.15) is 5.10 Å². The Labute approximate surface area is 108 Å². The van der Waals surface area contributed by atoms with E-state index in [0.29, 0.717) is 6.04 Å². The van der Waals surface area contributed by atoms with Crippen LogP contribution in [0, 0.1) is 6.92 Å². The van der Waals surface area contributed by atoms with Crippen molar-refractivity contribution in [2.45, 2.75) is 39.2 Å². The lowest BCUT2D eigenvalue weighted by molar-refractivity contribution is 0.455. The molecule has 18 heavy (non-hydrogen) atoms. The highest BCUT2D eigenvalue weighted by molar-refractivity contribution is 5.14. The predicted octanol–water partition coefficient (Wildman–Crippen LogP) is 2.46. The molecule has 2 rings (SSSR count). The van der Waals surface area contributed by atoms with Gasteiger partial charge in [-0.3, -0.25) is 5.10 Å². The van der Waals surface area contributed by atoms with Crippen LogP contribution in [0.2, 0.25) is 0 Å². The van der Waals surface area contributed by atoms with Gasteiger partial charge in [0, 0.05) is 18.2 Å². The van der Waals surface area contributed by atoms with Gasteiger partial charge >= 0.3 is 0 Å². The van der Waals surface area contributed by atoms with Crippen LogP contribution in [0.25, 0.3) is 0 Å². The Morgan fingerprint density at radius 2 is 2.39 bits per heavy atom. The molecule has 4 heteroatoms. The van der Waals surface area contributed by atoms with E-state index in [0.717, 1.165) is 31.6 Å². The fourth-order valence-corrected chi connectivity index (χ4v) is 2.06. The SMILES string of the molecule is Cc1[nH]ncc1CCCNC(C)Cc1ccco1. The van der Waals surface area contributed by atoms with Crippen molar-refractivity contribution in [2.75, 3.05) is 6.54 Å². The zero-order chi connectivity index (χ0) is 12.8. The molecule has 0 aromatic carbocycles. The van der Waals surface area contributed by atoms with Gasteiger partial charge in [0.1, 0.15) is 5.76 Å². The molecule has 0 aliphatic carbocycles. The van der Waals surface area contributed by atoms with Crippen molar-refractivity contribution in [3.8, 4) is 0 Å². The third-order valence-corrected chi connectivity index (χ3v) is 3.14. The van der Waals surface area contributed by atoms with Crippen molar-refractivity contribution in [3.63, 3.8) is 0 Å². The van der Waals surface area contributed by atoms with Crippen molar-refractivity contribution >= 4 is 0 Å². The molecule has 0 aliphatic rings. The quantitative estimate of drug-likeness (QED) is 0.739. The van der Waals surface area contributed by atoms with E-state index in [1.54, 1.807) is 6.26 Å². The fourth-order valence-electron chi connectivity index (χ4n) is 2.06. The van der Waals surface area contributed by atoms with Gasteiger partial charge in [-0.05, 0) is 50.9 Å². The summed E-state index contributed by atoms with van der Waals surface area (Å²) in [6.07, 6.45) is 6.79. The maximum atomic E-state index is 5.33. The van der Waals surface area contributed by atoms with Crippen molar-refractivity contribution in [3.05, 3.63) is 41.6 Å². The molecule has 0 fully saturated rings. The lowest BCUT2D eigenvalue weighted by Gasteiger charge is -2.12. The van der Waals surface area contributed by atoms with E-state index < -0.39 is 0 Å². The minimum absolute atomic E-state index is 0.446. The Kier molecular flexibility index (Phi) is 4.59. The van der Waals surface area contributed by atoms with Crippen LogP contribution in [0.5, 0.6) is 0 Å². The molecule has 0 saturated carbocycles. The maximum absolute atomic E-state index is 5.33. The Balaban J connectivity index is 1.62. The summed E-state index contributed by atoms with van der Waals surface area (Å²) < 4.78 is 5.33. The third kappa shape index (κ3) is 3.74. The molecule has 0 radical (unpaired) electrons. The molecule has 0 spiro atoms. The van der Waals surface area contributed by atoms with Crippen LogP contribution in [0.1, 0.15) is 30.4 Å². The molecular weight excluding hydrogens is 226 g/mol. The lowest BCUT2D eigenvalue weighted by Crippen LogP contribution is -2.29. The number of hydrogen-bond donors (Lipinski definition) is 2.